The van der Waals surface area contributed by atoms with Crippen LogP contribution >= 0.6 is 12.4 Å². The number of methoxy groups -OCH3 is 2. The van der Waals surface area contributed by atoms with Crippen molar-refractivity contribution in [2.24, 2.45) is 40.4 Å². The van der Waals surface area contributed by atoms with Crippen LogP contribution in [0.25, 0.3) is 0 Å². The molecule has 0 aromatic carbocycles. The molecule has 0 bridgehead atoms. The van der Waals surface area contributed by atoms with Crippen LogP contribution in [0, 0.1) is 40.4 Å². The summed E-state index contributed by atoms with van der Waals surface area (Å²) in [6, 6.07) is 1.05. The van der Waals surface area contributed by atoms with Gasteiger partial charge in [-0.05, 0) is 92.3 Å². The fraction of sp³-hybridized carbons (Fsp3) is 0.964. The highest BCUT2D eigenvalue weighted by Crippen LogP contribution is 2.67. The number of fused-ring (bicyclic) bond motifs is 5. The Bertz CT molecular complexity index is 729. The quantitative estimate of drug-likeness (QED) is 0.527. The summed E-state index contributed by atoms with van der Waals surface area (Å²) in [6.45, 7) is 4.94. The van der Waals surface area contributed by atoms with Gasteiger partial charge in [-0.25, -0.2) is 0 Å². The summed E-state index contributed by atoms with van der Waals surface area (Å²) in [6.07, 6.45) is 13.7. The zero-order chi connectivity index (χ0) is 23.4. The standard InChI is InChI=1S/C28H47NO4.ClH/c1-27-16-24(32-3)23(30)14-17(27)10-11-19-20-12-13-21(26(31)33-4)28(20,2)15-22(25(19)27)29-18-8-6-5-7-9-18;/h17-25,29-30H,5-16H2,1-4H3;1H/t17?,19-,20-,21?,22?,23?,24?,25-,27-,28-;/m0./s1. The van der Waals surface area contributed by atoms with Crippen LogP contribution in [0.5, 0.6) is 0 Å². The molecule has 0 radical (unpaired) electrons. The molecule has 0 spiro atoms. The molecule has 34 heavy (non-hydrogen) atoms. The van der Waals surface area contributed by atoms with Gasteiger partial charge in [-0.1, -0.05) is 33.1 Å². The van der Waals surface area contributed by atoms with Gasteiger partial charge in [0.05, 0.1) is 25.2 Å². The minimum Gasteiger partial charge on any atom is -0.469 e. The number of nitrogens with one attached hydrogen (secondary N) is 1. The van der Waals surface area contributed by atoms with Gasteiger partial charge in [0, 0.05) is 19.2 Å². The maximum absolute atomic E-state index is 12.9. The van der Waals surface area contributed by atoms with E-state index in [1.807, 2.05) is 0 Å². The van der Waals surface area contributed by atoms with Crippen molar-refractivity contribution < 1.29 is 19.4 Å². The van der Waals surface area contributed by atoms with Crippen LogP contribution in [0.3, 0.4) is 0 Å². The summed E-state index contributed by atoms with van der Waals surface area (Å²) >= 11 is 0. The number of carbonyl (C=O) groups is 1. The summed E-state index contributed by atoms with van der Waals surface area (Å²) in [4.78, 5) is 12.9. The fourth-order valence-electron chi connectivity index (χ4n) is 9.94. The molecule has 5 rings (SSSR count). The van der Waals surface area contributed by atoms with Crippen molar-refractivity contribution in [1.29, 1.82) is 0 Å². The third kappa shape index (κ3) is 4.25. The van der Waals surface area contributed by atoms with Crippen molar-refractivity contribution in [2.75, 3.05) is 14.2 Å². The normalized spacial score (nSPS) is 48.7. The van der Waals surface area contributed by atoms with Crippen molar-refractivity contribution in [1.82, 2.24) is 5.32 Å². The molecule has 5 saturated carbocycles. The molecule has 6 heteroatoms. The maximum Gasteiger partial charge on any atom is 0.309 e. The van der Waals surface area contributed by atoms with Crippen LogP contribution in [0.2, 0.25) is 0 Å². The predicted octanol–water partition coefficient (Wildman–Crippen LogP) is 5.13. The Kier molecular flexibility index (Phi) is 8.00. The Balaban J connectivity index is 0.00000274. The number of esters is 1. The number of rotatable bonds is 4. The largest absolute Gasteiger partial charge is 0.469 e. The van der Waals surface area contributed by atoms with Crippen molar-refractivity contribution in [2.45, 2.75) is 115 Å². The number of aliphatic hydroxyl groups is 1. The Morgan fingerprint density at radius 2 is 1.68 bits per heavy atom. The lowest BCUT2D eigenvalue weighted by Gasteiger charge is -2.64. The van der Waals surface area contributed by atoms with Crippen molar-refractivity contribution in [3.05, 3.63) is 0 Å². The molecule has 0 aliphatic heterocycles. The molecule has 5 unspecified atom stereocenters. The van der Waals surface area contributed by atoms with E-state index in [1.165, 1.54) is 44.9 Å². The van der Waals surface area contributed by atoms with Crippen LogP contribution in [0.15, 0.2) is 0 Å². The van der Waals surface area contributed by atoms with E-state index in [2.05, 4.69) is 19.2 Å². The molecule has 0 amide bonds. The molecule has 0 heterocycles. The first kappa shape index (κ1) is 26.7. The minimum atomic E-state index is -0.335. The van der Waals surface area contributed by atoms with E-state index in [0.29, 0.717) is 35.8 Å². The average molecular weight is 498 g/mol. The highest BCUT2D eigenvalue weighted by Gasteiger charge is 2.65. The van der Waals surface area contributed by atoms with Gasteiger partial charge in [0.25, 0.3) is 0 Å². The lowest BCUT2D eigenvalue weighted by molar-refractivity contribution is -0.180. The summed E-state index contributed by atoms with van der Waals surface area (Å²) in [5.74, 6) is 2.45. The molecular formula is C28H48ClNO4. The zero-order valence-electron chi connectivity index (χ0n) is 21.8. The molecular weight excluding hydrogens is 450 g/mol. The summed E-state index contributed by atoms with van der Waals surface area (Å²) in [5.41, 5.74) is 0.207. The van der Waals surface area contributed by atoms with Gasteiger partial charge in [-0.3, -0.25) is 4.79 Å². The average Bonchev–Trinajstić information content (AvgIpc) is 3.15. The van der Waals surface area contributed by atoms with Crippen LogP contribution in [-0.2, 0) is 14.3 Å². The van der Waals surface area contributed by atoms with E-state index in [1.54, 1.807) is 14.2 Å². The Labute approximate surface area is 212 Å². The number of carbonyl (C=O) groups excluding carboxylic acids is 1. The van der Waals surface area contributed by atoms with E-state index in [-0.39, 0.29) is 47.3 Å². The van der Waals surface area contributed by atoms with E-state index in [9.17, 15) is 9.90 Å². The van der Waals surface area contributed by atoms with E-state index >= 15 is 0 Å². The summed E-state index contributed by atoms with van der Waals surface area (Å²) < 4.78 is 11.1. The SMILES string of the molecule is COC(=O)C1CC[C@H]2[C@@H]3CCC4CC(O)C(OC)C[C@]4(C)[C@@H]3C(NC3CCCCC3)C[C@]12C.Cl. The van der Waals surface area contributed by atoms with Gasteiger partial charge in [-0.15, -0.1) is 12.4 Å². The first-order chi connectivity index (χ1) is 15.8. The first-order valence-electron chi connectivity index (χ1n) is 13.9. The Morgan fingerprint density at radius 1 is 0.941 bits per heavy atom. The molecule has 0 saturated heterocycles. The smallest absolute Gasteiger partial charge is 0.309 e. The second kappa shape index (κ2) is 10.2. The van der Waals surface area contributed by atoms with E-state index < -0.39 is 0 Å². The van der Waals surface area contributed by atoms with Gasteiger partial charge in [0.15, 0.2) is 0 Å². The number of hydrogen-bond donors (Lipinski definition) is 2. The zero-order valence-corrected chi connectivity index (χ0v) is 22.6. The second-order valence-electron chi connectivity index (χ2n) is 12.8. The number of hydrogen-bond acceptors (Lipinski definition) is 5. The van der Waals surface area contributed by atoms with Crippen molar-refractivity contribution in [3.63, 3.8) is 0 Å². The molecule has 0 aromatic rings. The van der Waals surface area contributed by atoms with E-state index in [0.717, 1.165) is 32.1 Å². The highest BCUT2D eigenvalue weighted by molar-refractivity contribution is 5.85. The van der Waals surface area contributed by atoms with Crippen LogP contribution in [0.1, 0.15) is 90.9 Å². The number of halogens is 1. The van der Waals surface area contributed by atoms with E-state index in [4.69, 9.17) is 9.47 Å². The maximum atomic E-state index is 12.9. The summed E-state index contributed by atoms with van der Waals surface area (Å²) in [7, 11) is 3.33. The molecule has 5 aliphatic carbocycles. The molecule has 0 aromatic heterocycles. The Hall–Kier alpha value is -0.360. The molecule has 2 N–H and O–H groups in total. The molecule has 196 valence electrons. The highest BCUT2D eigenvalue weighted by atomic mass is 35.5. The molecule has 5 aliphatic rings. The van der Waals surface area contributed by atoms with Gasteiger partial charge in [-0.2, -0.15) is 0 Å². The van der Waals surface area contributed by atoms with Gasteiger partial charge in [0.1, 0.15) is 0 Å². The van der Waals surface area contributed by atoms with Crippen molar-refractivity contribution in [3.8, 4) is 0 Å². The first-order valence-corrected chi connectivity index (χ1v) is 13.9. The topological polar surface area (TPSA) is 67.8 Å². The molecule has 5 nitrogen and oxygen atoms in total. The molecule has 5 fully saturated rings. The fourth-order valence-corrected chi connectivity index (χ4v) is 9.94. The van der Waals surface area contributed by atoms with Crippen LogP contribution in [0.4, 0.5) is 0 Å². The third-order valence-electron chi connectivity index (χ3n) is 11.5. The second-order valence-corrected chi connectivity index (χ2v) is 12.8. The van der Waals surface area contributed by atoms with Gasteiger partial charge < -0.3 is 19.9 Å². The van der Waals surface area contributed by atoms with Crippen molar-refractivity contribution >= 4 is 18.4 Å². The van der Waals surface area contributed by atoms with Gasteiger partial charge in [0.2, 0.25) is 0 Å². The van der Waals surface area contributed by atoms with Gasteiger partial charge >= 0.3 is 5.97 Å². The number of aliphatic hydroxyl groups excluding tert-OH is 1. The predicted molar refractivity (Wildman–Crippen MR) is 136 cm³/mol. The minimum absolute atomic E-state index is 0. The Morgan fingerprint density at radius 3 is 2.35 bits per heavy atom. The summed E-state index contributed by atoms with van der Waals surface area (Å²) in [5, 5.41) is 15.0. The monoisotopic (exact) mass is 497 g/mol. The lowest BCUT2D eigenvalue weighted by atomic mass is 9.43. The van der Waals surface area contributed by atoms with Crippen LogP contribution in [-0.4, -0.2) is 49.6 Å². The third-order valence-corrected chi connectivity index (χ3v) is 11.5. The number of ether oxygens (including phenoxy) is 2. The van der Waals surface area contributed by atoms with Crippen LogP contribution < -0.4 is 5.32 Å². The molecule has 10 atom stereocenters. The lowest BCUT2D eigenvalue weighted by Crippen LogP contribution is -2.65.